The van der Waals surface area contributed by atoms with Gasteiger partial charge in [-0.1, -0.05) is 0 Å². The number of hydrogen-bond acceptors (Lipinski definition) is 10. The van der Waals surface area contributed by atoms with Crippen LogP contribution < -0.4 is 20.3 Å². The smallest absolute Gasteiger partial charge is 0.257 e. The number of carbonyl (C=O) groups excluding carboxylic acids is 1. The van der Waals surface area contributed by atoms with Crippen LogP contribution in [0.3, 0.4) is 0 Å². The van der Waals surface area contributed by atoms with E-state index in [9.17, 15) is 4.79 Å². The Hall–Kier alpha value is -4.78. The first-order valence-electron chi connectivity index (χ1n) is 14.2. The molecule has 1 aliphatic heterocycles. The number of halogens is 1. The van der Waals surface area contributed by atoms with Gasteiger partial charge in [-0.25, -0.2) is 4.98 Å². The number of hydrogen-bond donors (Lipinski definition) is 2. The Balaban J connectivity index is 1.40. The van der Waals surface area contributed by atoms with E-state index < -0.39 is 0 Å². The first-order chi connectivity index (χ1) is 21.2. The van der Waals surface area contributed by atoms with Gasteiger partial charge in [0.05, 0.1) is 40.2 Å². The predicted molar refractivity (Wildman–Crippen MR) is 175 cm³/mol. The minimum atomic E-state index is -0.206. The summed E-state index contributed by atoms with van der Waals surface area (Å²) in [6.45, 7) is 5.26. The summed E-state index contributed by atoms with van der Waals surface area (Å²) in [5, 5.41) is 11.2. The third-order valence-corrected chi connectivity index (χ3v) is 8.28. The van der Waals surface area contributed by atoms with E-state index in [0.717, 1.165) is 29.8 Å². The van der Waals surface area contributed by atoms with Crippen LogP contribution in [0, 0.1) is 0 Å². The van der Waals surface area contributed by atoms with Gasteiger partial charge in [-0.05, 0) is 48.0 Å². The van der Waals surface area contributed by atoms with Crippen LogP contribution in [-0.4, -0.2) is 74.3 Å². The monoisotopic (exact) mass is 656 g/mol. The number of nitrogens with zero attached hydrogens (tertiary/aromatic N) is 8. The van der Waals surface area contributed by atoms with Gasteiger partial charge in [-0.15, -0.1) is 0 Å². The summed E-state index contributed by atoms with van der Waals surface area (Å²) in [5.41, 5.74) is 7.19. The van der Waals surface area contributed by atoms with Gasteiger partial charge in [0.25, 0.3) is 5.91 Å². The van der Waals surface area contributed by atoms with E-state index in [1.807, 2.05) is 24.0 Å². The van der Waals surface area contributed by atoms with E-state index in [2.05, 4.69) is 77.5 Å². The average Bonchev–Trinajstić information content (AvgIpc) is 3.29. The molecule has 44 heavy (non-hydrogen) atoms. The molecule has 6 rings (SSSR count). The number of methoxy groups -OCH3 is 1. The van der Waals surface area contributed by atoms with Crippen molar-refractivity contribution in [1.82, 2.24) is 34.6 Å². The third kappa shape index (κ3) is 5.27. The van der Waals surface area contributed by atoms with Gasteiger partial charge in [-0.2, -0.15) is 10.1 Å². The quantitative estimate of drug-likeness (QED) is 0.230. The molecule has 0 aliphatic carbocycles. The number of ether oxygens (including phenoxy) is 1. The van der Waals surface area contributed by atoms with Gasteiger partial charge in [0, 0.05) is 87.3 Å². The van der Waals surface area contributed by atoms with Crippen LogP contribution in [0.2, 0.25) is 0 Å². The van der Waals surface area contributed by atoms with Crippen LogP contribution in [0.1, 0.15) is 29.9 Å². The van der Waals surface area contributed by atoms with Crippen LogP contribution in [-0.2, 0) is 13.5 Å². The third-order valence-electron chi connectivity index (χ3n) is 7.70. The average molecular weight is 658 g/mol. The second-order valence-corrected chi connectivity index (χ2v) is 11.8. The van der Waals surface area contributed by atoms with Crippen LogP contribution >= 0.6 is 15.9 Å². The molecule has 1 aliphatic rings. The number of anilines is 5. The molecule has 13 heteroatoms. The number of benzene rings is 2. The Kier molecular flexibility index (Phi) is 7.80. The Bertz CT molecular complexity index is 1890. The highest BCUT2D eigenvalue weighted by atomic mass is 79.9. The zero-order valence-corrected chi connectivity index (χ0v) is 27.0. The van der Waals surface area contributed by atoms with Crippen molar-refractivity contribution in [2.75, 3.05) is 43.3 Å². The molecule has 226 valence electrons. The number of nitrogens with one attached hydrogen (secondary N) is 2. The standard InChI is InChI=1S/C31H33BrN10O2/c1-17(2)42-12-9-24-19(15-36-41(24)5)18-13-23(26(44-6)14-25(18)42)38-31-35-16-20(32)29(39-31)37-21-7-8-22-28(34-11-10-33-22)27(21)30(43)40(3)4/h7-8,10-11,13-17H,9,12H2,1-6H3,(H2,35,37,38,39). The van der Waals surface area contributed by atoms with E-state index in [0.29, 0.717) is 56.0 Å². The summed E-state index contributed by atoms with van der Waals surface area (Å²) >= 11 is 3.56. The molecule has 1 amide bonds. The lowest BCUT2D eigenvalue weighted by Gasteiger charge is -2.30. The zero-order chi connectivity index (χ0) is 31.1. The second kappa shape index (κ2) is 11.7. The molecule has 0 bridgehead atoms. The van der Waals surface area contributed by atoms with Gasteiger partial charge in [-0.3, -0.25) is 19.4 Å². The van der Waals surface area contributed by atoms with E-state index in [1.165, 1.54) is 10.6 Å². The van der Waals surface area contributed by atoms with E-state index in [4.69, 9.17) is 9.72 Å². The fourth-order valence-corrected chi connectivity index (χ4v) is 5.79. The molecule has 0 saturated heterocycles. The highest BCUT2D eigenvalue weighted by Crippen LogP contribution is 2.44. The molecule has 2 N–H and O–H groups in total. The van der Waals surface area contributed by atoms with Gasteiger partial charge in [0.2, 0.25) is 5.95 Å². The molecule has 0 saturated carbocycles. The SMILES string of the molecule is COc1cc2c(cc1Nc1ncc(Br)c(Nc3ccc4nccnc4c3C(=O)N(C)C)n1)-c1cnn(C)c1CCN2C(C)C. The summed E-state index contributed by atoms with van der Waals surface area (Å²) in [4.78, 5) is 35.3. The molecule has 5 aromatic rings. The van der Waals surface area contributed by atoms with Crippen molar-refractivity contribution in [3.63, 3.8) is 0 Å². The van der Waals surface area contributed by atoms with Crippen LogP contribution in [0.4, 0.5) is 28.8 Å². The van der Waals surface area contributed by atoms with E-state index in [1.54, 1.807) is 45.9 Å². The topological polar surface area (TPSA) is 126 Å². The van der Waals surface area contributed by atoms with Gasteiger partial charge in [0.1, 0.15) is 17.1 Å². The molecule has 0 spiro atoms. The molecule has 0 radical (unpaired) electrons. The van der Waals surface area contributed by atoms with Crippen molar-refractivity contribution < 1.29 is 9.53 Å². The normalized spacial score (nSPS) is 12.5. The first kappa shape index (κ1) is 29.3. The van der Waals surface area contributed by atoms with Gasteiger partial charge in [0.15, 0.2) is 0 Å². The lowest BCUT2D eigenvalue weighted by atomic mass is 10.0. The van der Waals surface area contributed by atoms with E-state index >= 15 is 0 Å². The molecule has 2 aromatic carbocycles. The maximum Gasteiger partial charge on any atom is 0.257 e. The Labute approximate surface area is 263 Å². The molecule has 3 aromatic heterocycles. The fraction of sp³-hybridized carbons (Fsp3) is 0.290. The molecular formula is C31H33BrN10O2. The highest BCUT2D eigenvalue weighted by Gasteiger charge is 2.26. The first-order valence-corrected chi connectivity index (χ1v) is 15.0. The second-order valence-electron chi connectivity index (χ2n) is 11.0. The van der Waals surface area contributed by atoms with Crippen molar-refractivity contribution in [1.29, 1.82) is 0 Å². The summed E-state index contributed by atoms with van der Waals surface area (Å²) in [6, 6.07) is 8.06. The lowest BCUT2D eigenvalue weighted by Crippen LogP contribution is -2.32. The summed E-state index contributed by atoms with van der Waals surface area (Å²) < 4.78 is 8.42. The van der Waals surface area contributed by atoms with Crippen LogP contribution in [0.25, 0.3) is 22.2 Å². The number of fused-ring (bicyclic) bond motifs is 4. The van der Waals surface area contributed by atoms with Crippen molar-refractivity contribution in [3.05, 3.63) is 64.8 Å². The van der Waals surface area contributed by atoms with Crippen LogP contribution in [0.15, 0.2) is 53.5 Å². The zero-order valence-electron chi connectivity index (χ0n) is 25.4. The predicted octanol–water partition coefficient (Wildman–Crippen LogP) is 5.55. The summed E-state index contributed by atoms with van der Waals surface area (Å²) in [7, 11) is 7.04. The molecule has 0 fully saturated rings. The Morgan fingerprint density at radius 3 is 2.59 bits per heavy atom. The summed E-state index contributed by atoms with van der Waals surface area (Å²) in [5.74, 6) is 1.26. The number of rotatable bonds is 7. The molecule has 0 atom stereocenters. The molecule has 12 nitrogen and oxygen atoms in total. The highest BCUT2D eigenvalue weighted by molar-refractivity contribution is 9.10. The Morgan fingerprint density at radius 1 is 1.05 bits per heavy atom. The lowest BCUT2D eigenvalue weighted by molar-refractivity contribution is 0.0830. The van der Waals surface area contributed by atoms with Crippen LogP contribution in [0.5, 0.6) is 5.75 Å². The largest absolute Gasteiger partial charge is 0.494 e. The number of amides is 1. The fourth-order valence-electron chi connectivity index (χ4n) is 5.50. The van der Waals surface area contributed by atoms with E-state index in [-0.39, 0.29) is 5.91 Å². The molecular weight excluding hydrogens is 624 g/mol. The number of carbonyl (C=O) groups is 1. The minimum absolute atomic E-state index is 0.206. The maximum absolute atomic E-state index is 13.3. The summed E-state index contributed by atoms with van der Waals surface area (Å²) in [6.07, 6.45) is 7.64. The Morgan fingerprint density at radius 2 is 1.84 bits per heavy atom. The molecule has 4 heterocycles. The van der Waals surface area contributed by atoms with Crippen molar-refractivity contribution in [2.45, 2.75) is 26.3 Å². The number of aromatic nitrogens is 6. The van der Waals surface area contributed by atoms with Crippen molar-refractivity contribution >= 4 is 61.7 Å². The number of aryl methyl sites for hydroxylation is 1. The van der Waals surface area contributed by atoms with Crippen molar-refractivity contribution in [3.8, 4) is 16.9 Å². The van der Waals surface area contributed by atoms with Gasteiger partial charge < -0.3 is 25.2 Å². The maximum atomic E-state index is 13.3. The van der Waals surface area contributed by atoms with Crippen molar-refractivity contribution in [2.24, 2.45) is 7.05 Å². The van der Waals surface area contributed by atoms with Gasteiger partial charge >= 0.3 is 0 Å². The minimum Gasteiger partial charge on any atom is -0.494 e. The molecule has 0 unspecified atom stereocenters.